The Kier molecular flexibility index (Phi) is 2.97. The van der Waals surface area contributed by atoms with E-state index < -0.39 is 18.3 Å². The smallest absolute Gasteiger partial charge is 0.497 e. The highest BCUT2D eigenvalue weighted by Crippen LogP contribution is 2.37. The zero-order chi connectivity index (χ0) is 15.4. The third-order valence-electron chi connectivity index (χ3n) is 4.37. The molecule has 0 bridgehead atoms. The zero-order valence-electron chi connectivity index (χ0n) is 12.9. The fourth-order valence-corrected chi connectivity index (χ4v) is 2.42. The van der Waals surface area contributed by atoms with Crippen LogP contribution in [-0.4, -0.2) is 35.4 Å². The van der Waals surface area contributed by atoms with Crippen LogP contribution in [0.15, 0.2) is 16.9 Å². The minimum Gasteiger partial charge on any atom is -0.497 e. The first-order valence-corrected chi connectivity index (χ1v) is 6.89. The zero-order valence-corrected chi connectivity index (χ0v) is 12.9. The Balaban J connectivity index is 2.14. The van der Waals surface area contributed by atoms with Gasteiger partial charge in [0.1, 0.15) is 5.75 Å². The maximum atomic E-state index is 11.6. The van der Waals surface area contributed by atoms with Gasteiger partial charge in [0.25, 0.3) is 0 Å². The highest BCUT2D eigenvalue weighted by Gasteiger charge is 2.52. The van der Waals surface area contributed by atoms with Crippen molar-refractivity contribution in [3.63, 3.8) is 0 Å². The highest BCUT2D eigenvalue weighted by molar-refractivity contribution is 6.65. The summed E-state index contributed by atoms with van der Waals surface area (Å²) in [7, 11) is 1.03. The molecule has 21 heavy (non-hydrogen) atoms. The average Bonchev–Trinajstić information content (AvgIpc) is 2.84. The summed E-state index contributed by atoms with van der Waals surface area (Å²) in [4.78, 5) is 17.1. The van der Waals surface area contributed by atoms with Crippen molar-refractivity contribution in [2.24, 2.45) is 0 Å². The number of fused-ring (bicyclic) bond motifs is 1. The van der Waals surface area contributed by atoms with Crippen LogP contribution < -0.4 is 15.9 Å². The lowest BCUT2D eigenvalue weighted by Crippen LogP contribution is -2.41. The van der Waals surface area contributed by atoms with Gasteiger partial charge in [0.2, 0.25) is 0 Å². The highest BCUT2D eigenvalue weighted by atomic mass is 16.7. The molecule has 0 aliphatic carbocycles. The molecule has 0 atom stereocenters. The fourth-order valence-electron chi connectivity index (χ4n) is 2.42. The van der Waals surface area contributed by atoms with Crippen molar-refractivity contribution in [2.45, 2.75) is 38.9 Å². The van der Waals surface area contributed by atoms with Crippen LogP contribution in [0.4, 0.5) is 0 Å². The van der Waals surface area contributed by atoms with Crippen LogP contribution in [0.2, 0.25) is 0 Å². The summed E-state index contributed by atoms with van der Waals surface area (Å²) in [5.41, 5.74) is 0.952. The number of H-pyrrole nitrogens is 2. The van der Waals surface area contributed by atoms with Crippen LogP contribution in [0, 0.1) is 0 Å². The van der Waals surface area contributed by atoms with Gasteiger partial charge in [-0.1, -0.05) is 0 Å². The van der Waals surface area contributed by atoms with E-state index in [1.165, 1.54) is 0 Å². The molecule has 7 heteroatoms. The molecule has 1 aromatic heterocycles. The molecule has 6 nitrogen and oxygen atoms in total. The Morgan fingerprint density at radius 1 is 1.10 bits per heavy atom. The second-order valence-corrected chi connectivity index (χ2v) is 6.31. The van der Waals surface area contributed by atoms with Gasteiger partial charge in [-0.25, -0.2) is 4.79 Å². The van der Waals surface area contributed by atoms with Crippen molar-refractivity contribution < 1.29 is 14.0 Å². The molecule has 2 N–H and O–H groups in total. The van der Waals surface area contributed by atoms with Gasteiger partial charge in [0.15, 0.2) is 0 Å². The monoisotopic (exact) mass is 290 g/mol. The third kappa shape index (κ3) is 2.17. The Bertz CT molecular complexity index is 731. The molecule has 1 fully saturated rings. The number of rotatable bonds is 2. The summed E-state index contributed by atoms with van der Waals surface area (Å²) < 4.78 is 17.4. The number of methoxy groups -OCH3 is 1. The Hall–Kier alpha value is -1.73. The maximum absolute atomic E-state index is 11.6. The summed E-state index contributed by atoms with van der Waals surface area (Å²) in [6.07, 6.45) is 0. The van der Waals surface area contributed by atoms with Gasteiger partial charge >= 0.3 is 12.8 Å². The molecule has 3 rings (SSSR count). The summed E-state index contributed by atoms with van der Waals surface area (Å²) in [6.45, 7) is 7.96. The van der Waals surface area contributed by atoms with Crippen molar-refractivity contribution >= 4 is 23.6 Å². The fraction of sp³-hybridized carbons (Fsp3) is 0.500. The molecule has 0 saturated carbocycles. The molecule has 0 radical (unpaired) electrons. The Morgan fingerprint density at radius 3 is 2.29 bits per heavy atom. The normalized spacial score (nSPS) is 20.1. The first-order valence-electron chi connectivity index (χ1n) is 6.89. The standard InChI is InChI=1S/C14H19BN2O4/c1-13(2)14(3,4)21-15(20-13)9-6-8(19-5)7-10-11(9)17-12(18)16-10/h6-7H,1-5H3,(H2,16,17,18). The van der Waals surface area contributed by atoms with E-state index in [1.807, 2.05) is 33.8 Å². The van der Waals surface area contributed by atoms with Crippen LogP contribution in [0.3, 0.4) is 0 Å². The van der Waals surface area contributed by atoms with Gasteiger partial charge in [-0.3, -0.25) is 0 Å². The molecule has 2 aromatic rings. The number of aromatic amines is 2. The summed E-state index contributed by atoms with van der Waals surface area (Å²) >= 11 is 0. The van der Waals surface area contributed by atoms with Crippen molar-refractivity contribution in [3.8, 4) is 5.75 Å². The van der Waals surface area contributed by atoms with Crippen molar-refractivity contribution in [1.82, 2.24) is 9.97 Å². The van der Waals surface area contributed by atoms with E-state index in [9.17, 15) is 4.79 Å². The lowest BCUT2D eigenvalue weighted by Gasteiger charge is -2.32. The predicted octanol–water partition coefficient (Wildman–Crippen LogP) is 1.16. The first kappa shape index (κ1) is 14.2. The van der Waals surface area contributed by atoms with E-state index in [0.717, 1.165) is 5.46 Å². The molecule has 0 amide bonds. The van der Waals surface area contributed by atoms with Gasteiger partial charge in [-0.05, 0) is 33.8 Å². The minimum atomic E-state index is -0.556. The van der Waals surface area contributed by atoms with Crippen LogP contribution in [-0.2, 0) is 9.31 Å². The van der Waals surface area contributed by atoms with E-state index in [1.54, 1.807) is 13.2 Å². The predicted molar refractivity (Wildman–Crippen MR) is 81.2 cm³/mol. The quantitative estimate of drug-likeness (QED) is 0.814. The molecule has 2 heterocycles. The lowest BCUT2D eigenvalue weighted by molar-refractivity contribution is 0.00578. The van der Waals surface area contributed by atoms with E-state index in [0.29, 0.717) is 16.8 Å². The number of imidazole rings is 1. The summed E-state index contributed by atoms with van der Waals surface area (Å²) in [5.74, 6) is 0.641. The van der Waals surface area contributed by atoms with Crippen molar-refractivity contribution in [1.29, 1.82) is 0 Å². The summed E-state index contributed by atoms with van der Waals surface area (Å²) in [6, 6.07) is 3.59. The van der Waals surface area contributed by atoms with Crippen LogP contribution in [0.5, 0.6) is 5.75 Å². The Labute approximate surface area is 122 Å². The summed E-state index contributed by atoms with van der Waals surface area (Å²) in [5, 5.41) is 0. The maximum Gasteiger partial charge on any atom is 0.497 e. The molecule has 1 aromatic carbocycles. The minimum absolute atomic E-state index is 0.268. The van der Waals surface area contributed by atoms with E-state index in [4.69, 9.17) is 14.0 Å². The number of nitrogens with one attached hydrogen (secondary N) is 2. The molecule has 1 saturated heterocycles. The largest absolute Gasteiger partial charge is 0.497 e. The number of hydrogen-bond acceptors (Lipinski definition) is 4. The number of ether oxygens (including phenoxy) is 1. The molecule has 1 aliphatic heterocycles. The van der Waals surface area contributed by atoms with Crippen molar-refractivity contribution in [2.75, 3.05) is 7.11 Å². The topological polar surface area (TPSA) is 76.3 Å². The molecule has 0 spiro atoms. The second kappa shape index (κ2) is 4.38. The van der Waals surface area contributed by atoms with Crippen LogP contribution in [0.25, 0.3) is 11.0 Å². The van der Waals surface area contributed by atoms with Gasteiger partial charge in [-0.2, -0.15) is 0 Å². The third-order valence-corrected chi connectivity index (χ3v) is 4.37. The molecule has 112 valence electrons. The van der Waals surface area contributed by atoms with E-state index in [-0.39, 0.29) is 5.69 Å². The van der Waals surface area contributed by atoms with Gasteiger partial charge < -0.3 is 24.0 Å². The van der Waals surface area contributed by atoms with Gasteiger partial charge in [0.05, 0.1) is 29.3 Å². The lowest BCUT2D eigenvalue weighted by atomic mass is 9.78. The number of benzene rings is 1. The molecule has 1 aliphatic rings. The average molecular weight is 290 g/mol. The number of aromatic nitrogens is 2. The molecular formula is C14H19BN2O4. The van der Waals surface area contributed by atoms with Crippen molar-refractivity contribution in [3.05, 3.63) is 22.6 Å². The molecular weight excluding hydrogens is 271 g/mol. The van der Waals surface area contributed by atoms with Crippen LogP contribution in [0.1, 0.15) is 27.7 Å². The number of hydrogen-bond donors (Lipinski definition) is 2. The second-order valence-electron chi connectivity index (χ2n) is 6.31. The molecule has 0 unspecified atom stereocenters. The van der Waals surface area contributed by atoms with Gasteiger partial charge in [-0.15, -0.1) is 0 Å². The van der Waals surface area contributed by atoms with E-state index in [2.05, 4.69) is 9.97 Å². The SMILES string of the molecule is COc1cc(B2OC(C)(C)C(C)(C)O2)c2[nH]c(=O)[nH]c2c1. The first-order chi connectivity index (χ1) is 9.73. The Morgan fingerprint density at radius 2 is 1.71 bits per heavy atom. The van der Waals surface area contributed by atoms with E-state index >= 15 is 0 Å². The van der Waals surface area contributed by atoms with Crippen LogP contribution >= 0.6 is 0 Å². The van der Waals surface area contributed by atoms with Gasteiger partial charge in [0, 0.05) is 11.5 Å².